The molecule has 2 aliphatic rings. The van der Waals surface area contributed by atoms with E-state index in [1.54, 1.807) is 0 Å². The Labute approximate surface area is 169 Å². The van der Waals surface area contributed by atoms with Gasteiger partial charge < -0.3 is 15.0 Å². The Bertz CT molecular complexity index is 1050. The van der Waals surface area contributed by atoms with Crippen LogP contribution in [0.5, 0.6) is 5.75 Å². The van der Waals surface area contributed by atoms with Crippen LogP contribution in [0.2, 0.25) is 0 Å². The fourth-order valence-electron chi connectivity index (χ4n) is 4.20. The first-order chi connectivity index (χ1) is 14.2. The second kappa shape index (κ2) is 7.36. The third-order valence-electron chi connectivity index (χ3n) is 5.59. The van der Waals surface area contributed by atoms with Crippen LogP contribution in [-0.4, -0.2) is 58.5 Å². The van der Waals surface area contributed by atoms with Gasteiger partial charge in [-0.15, -0.1) is 0 Å². The summed E-state index contributed by atoms with van der Waals surface area (Å²) >= 11 is 0. The number of amides is 1. The van der Waals surface area contributed by atoms with Crippen molar-refractivity contribution in [1.29, 1.82) is 0 Å². The lowest BCUT2D eigenvalue weighted by Crippen LogP contribution is -2.48. The molecular formula is C21H24N6O2. The number of pyridine rings is 2. The van der Waals surface area contributed by atoms with Crippen LogP contribution in [-0.2, 0) is 11.3 Å². The lowest BCUT2D eigenvalue weighted by molar-refractivity contribution is -0.120. The van der Waals surface area contributed by atoms with Gasteiger partial charge in [0, 0.05) is 38.4 Å². The van der Waals surface area contributed by atoms with E-state index >= 15 is 0 Å². The van der Waals surface area contributed by atoms with Crippen LogP contribution in [0.25, 0.3) is 5.65 Å². The Balaban J connectivity index is 1.40. The second-order valence-corrected chi connectivity index (χ2v) is 7.57. The summed E-state index contributed by atoms with van der Waals surface area (Å²) < 4.78 is 7.83. The van der Waals surface area contributed by atoms with E-state index in [0.717, 1.165) is 41.6 Å². The molecule has 0 saturated carbocycles. The number of nitrogens with zero attached hydrogens (tertiary/aromatic N) is 5. The van der Waals surface area contributed by atoms with Crippen LogP contribution in [0.4, 0.5) is 5.82 Å². The van der Waals surface area contributed by atoms with Gasteiger partial charge in [0.15, 0.2) is 0 Å². The second-order valence-electron chi connectivity index (χ2n) is 7.57. The lowest BCUT2D eigenvalue weighted by Gasteiger charge is -2.31. The Morgan fingerprint density at radius 1 is 1.31 bits per heavy atom. The number of nitrogens with one attached hydrogen (secondary N) is 1. The van der Waals surface area contributed by atoms with Gasteiger partial charge in [0.2, 0.25) is 5.91 Å². The molecule has 0 aromatic carbocycles. The molecule has 8 heteroatoms. The third-order valence-corrected chi connectivity index (χ3v) is 5.59. The van der Waals surface area contributed by atoms with Crippen LogP contribution in [0.1, 0.15) is 23.9 Å². The van der Waals surface area contributed by atoms with Crippen molar-refractivity contribution < 1.29 is 9.53 Å². The molecule has 1 atom stereocenters. The average molecular weight is 392 g/mol. The fraction of sp³-hybridized carbons (Fsp3) is 0.381. The molecule has 1 N–H and O–H groups in total. The molecule has 0 spiro atoms. The van der Waals surface area contributed by atoms with Crippen molar-refractivity contribution in [3.63, 3.8) is 0 Å². The summed E-state index contributed by atoms with van der Waals surface area (Å²) in [6.07, 6.45) is 4.80. The molecule has 5 heterocycles. The van der Waals surface area contributed by atoms with Gasteiger partial charge in [0.05, 0.1) is 30.6 Å². The molecular weight excluding hydrogens is 368 g/mol. The van der Waals surface area contributed by atoms with E-state index in [4.69, 9.17) is 9.72 Å². The summed E-state index contributed by atoms with van der Waals surface area (Å²) in [5, 5.41) is 2.88. The summed E-state index contributed by atoms with van der Waals surface area (Å²) in [7, 11) is 2.11. The highest BCUT2D eigenvalue weighted by Gasteiger charge is 2.27. The molecule has 0 unspecified atom stereocenters. The molecule has 3 aromatic heterocycles. The van der Waals surface area contributed by atoms with Gasteiger partial charge in [-0.3, -0.25) is 19.1 Å². The van der Waals surface area contributed by atoms with E-state index in [1.807, 2.05) is 36.5 Å². The first-order valence-corrected chi connectivity index (χ1v) is 9.95. The SMILES string of the molecule is CN(Cc1cn2c(N3CCNC(=O)C3)cccc2n1)[C@H]1CCOc2cccnc21. The van der Waals surface area contributed by atoms with Crippen molar-refractivity contribution in [1.82, 2.24) is 24.6 Å². The number of hydrogen-bond donors (Lipinski definition) is 1. The zero-order valence-electron chi connectivity index (χ0n) is 16.4. The van der Waals surface area contributed by atoms with Gasteiger partial charge in [-0.2, -0.15) is 0 Å². The van der Waals surface area contributed by atoms with Gasteiger partial charge in [0.1, 0.15) is 17.2 Å². The maximum atomic E-state index is 11.8. The van der Waals surface area contributed by atoms with Gasteiger partial charge in [0.25, 0.3) is 0 Å². The number of carbonyl (C=O) groups excluding carboxylic acids is 1. The highest BCUT2D eigenvalue weighted by atomic mass is 16.5. The summed E-state index contributed by atoms with van der Waals surface area (Å²) in [5.74, 6) is 1.92. The molecule has 1 saturated heterocycles. The zero-order valence-corrected chi connectivity index (χ0v) is 16.4. The molecule has 0 bridgehead atoms. The molecule has 0 radical (unpaired) electrons. The van der Waals surface area contributed by atoms with Crippen molar-refractivity contribution in [3.8, 4) is 5.75 Å². The Hall–Kier alpha value is -3.13. The van der Waals surface area contributed by atoms with E-state index in [-0.39, 0.29) is 11.9 Å². The monoisotopic (exact) mass is 392 g/mol. The predicted molar refractivity (Wildman–Crippen MR) is 109 cm³/mol. The minimum absolute atomic E-state index is 0.0546. The van der Waals surface area contributed by atoms with E-state index in [2.05, 4.69) is 37.7 Å². The topological polar surface area (TPSA) is 75.0 Å². The number of ether oxygens (including phenoxy) is 1. The largest absolute Gasteiger partial charge is 0.492 e. The minimum atomic E-state index is 0.0546. The van der Waals surface area contributed by atoms with Crippen LogP contribution in [0.15, 0.2) is 42.7 Å². The lowest BCUT2D eigenvalue weighted by atomic mass is 10.1. The molecule has 150 valence electrons. The van der Waals surface area contributed by atoms with Gasteiger partial charge in [-0.05, 0) is 31.3 Å². The average Bonchev–Trinajstić information content (AvgIpc) is 3.15. The highest BCUT2D eigenvalue weighted by Crippen LogP contribution is 2.34. The summed E-state index contributed by atoms with van der Waals surface area (Å²) in [5.41, 5.74) is 2.87. The van der Waals surface area contributed by atoms with E-state index in [1.165, 1.54) is 0 Å². The van der Waals surface area contributed by atoms with Crippen molar-refractivity contribution in [2.45, 2.75) is 19.0 Å². The summed E-state index contributed by atoms with van der Waals surface area (Å²) in [6.45, 7) is 3.23. The Morgan fingerprint density at radius 2 is 2.24 bits per heavy atom. The van der Waals surface area contributed by atoms with Gasteiger partial charge >= 0.3 is 0 Å². The molecule has 8 nitrogen and oxygen atoms in total. The number of imidazole rings is 1. The smallest absolute Gasteiger partial charge is 0.239 e. The van der Waals surface area contributed by atoms with E-state index in [0.29, 0.717) is 26.2 Å². The third kappa shape index (κ3) is 3.40. The van der Waals surface area contributed by atoms with Crippen LogP contribution < -0.4 is 15.0 Å². The predicted octanol–water partition coefficient (Wildman–Crippen LogP) is 1.62. The molecule has 0 aliphatic carbocycles. The minimum Gasteiger partial charge on any atom is -0.492 e. The van der Waals surface area contributed by atoms with Gasteiger partial charge in [-0.1, -0.05) is 6.07 Å². The first kappa shape index (κ1) is 17.9. The van der Waals surface area contributed by atoms with E-state index < -0.39 is 0 Å². The summed E-state index contributed by atoms with van der Waals surface area (Å²) in [6, 6.07) is 10.1. The zero-order chi connectivity index (χ0) is 19.8. The highest BCUT2D eigenvalue weighted by molar-refractivity contribution is 5.82. The first-order valence-electron chi connectivity index (χ1n) is 9.95. The van der Waals surface area contributed by atoms with Crippen molar-refractivity contribution in [2.24, 2.45) is 0 Å². The molecule has 29 heavy (non-hydrogen) atoms. The van der Waals surface area contributed by atoms with Crippen molar-refractivity contribution in [3.05, 3.63) is 54.1 Å². The number of carbonyl (C=O) groups is 1. The number of anilines is 1. The van der Waals surface area contributed by atoms with Crippen molar-refractivity contribution >= 4 is 17.4 Å². The molecule has 1 amide bonds. The normalized spacial score (nSPS) is 19.2. The molecule has 3 aromatic rings. The van der Waals surface area contributed by atoms with Crippen LogP contribution in [0.3, 0.4) is 0 Å². The quantitative estimate of drug-likeness (QED) is 0.727. The van der Waals surface area contributed by atoms with Crippen LogP contribution in [0, 0.1) is 0 Å². The summed E-state index contributed by atoms with van der Waals surface area (Å²) in [4.78, 5) is 25.6. The maximum Gasteiger partial charge on any atom is 0.239 e. The number of rotatable bonds is 4. The number of fused-ring (bicyclic) bond motifs is 2. The van der Waals surface area contributed by atoms with Crippen molar-refractivity contribution in [2.75, 3.05) is 38.2 Å². The molecule has 1 fully saturated rings. The number of aromatic nitrogens is 3. The Kier molecular flexibility index (Phi) is 4.55. The van der Waals surface area contributed by atoms with Gasteiger partial charge in [-0.25, -0.2) is 4.98 Å². The molecule has 2 aliphatic heterocycles. The standard InChI is InChI=1S/C21H24N6O2/c1-25(16-7-11-29-17-4-3-8-23-21(16)17)12-15-13-27-18(24-15)5-2-6-20(27)26-10-9-22-19(28)14-26/h2-6,8,13,16H,7,9-12,14H2,1H3,(H,22,28)/t16-/m0/s1. The Morgan fingerprint density at radius 3 is 3.14 bits per heavy atom. The molecule has 5 rings (SSSR count). The maximum absolute atomic E-state index is 11.8. The van der Waals surface area contributed by atoms with Crippen LogP contribution >= 0.6 is 0 Å². The number of piperazine rings is 1. The van der Waals surface area contributed by atoms with E-state index in [9.17, 15) is 4.79 Å². The fourth-order valence-corrected chi connectivity index (χ4v) is 4.20. The number of hydrogen-bond acceptors (Lipinski definition) is 6.